The average molecular weight is 556 g/mol. The summed E-state index contributed by atoms with van der Waals surface area (Å²) in [7, 11) is 0. The lowest BCUT2D eigenvalue weighted by atomic mass is 9.95. The molecule has 4 rings (SSSR count). The molecule has 1 N–H and O–H groups in total. The number of amides is 1. The minimum atomic E-state index is -0.970. The van der Waals surface area contributed by atoms with Gasteiger partial charge >= 0.3 is 5.97 Å². The molecule has 1 unspecified atom stereocenters. The van der Waals surface area contributed by atoms with Gasteiger partial charge in [-0.15, -0.1) is 11.3 Å². The number of carbonyl (C=O) groups excluding carboxylic acids is 3. The van der Waals surface area contributed by atoms with Gasteiger partial charge < -0.3 is 14.6 Å². The fourth-order valence-corrected chi connectivity index (χ4v) is 6.03. The normalized spacial score (nSPS) is 15.3. The Bertz CT molecular complexity index is 1410. The van der Waals surface area contributed by atoms with E-state index in [1.807, 2.05) is 0 Å². The molecule has 1 atom stereocenters. The summed E-state index contributed by atoms with van der Waals surface area (Å²) in [5, 5.41) is 11.9. The van der Waals surface area contributed by atoms with Gasteiger partial charge in [0.25, 0.3) is 5.91 Å². The van der Waals surface area contributed by atoms with Gasteiger partial charge in [0, 0.05) is 0 Å². The quantitative estimate of drug-likeness (QED) is 0.193. The van der Waals surface area contributed by atoms with Crippen LogP contribution in [-0.2, 0) is 9.53 Å². The highest BCUT2D eigenvalue weighted by molar-refractivity contribution is 7.17. The van der Waals surface area contributed by atoms with Gasteiger partial charge in [0.2, 0.25) is 5.78 Å². The second-order valence-corrected chi connectivity index (χ2v) is 10.9. The zero-order valence-corrected chi connectivity index (χ0v) is 23.5. The topological polar surface area (TPSA) is 119 Å². The minimum Gasteiger partial charge on any atom is -0.503 e. The van der Waals surface area contributed by atoms with E-state index in [0.29, 0.717) is 39.2 Å². The molecule has 0 radical (unpaired) electrons. The van der Waals surface area contributed by atoms with E-state index in [0.717, 1.165) is 24.2 Å². The van der Waals surface area contributed by atoms with Gasteiger partial charge in [-0.1, -0.05) is 36.8 Å². The molecule has 0 saturated heterocycles. The molecule has 2 aromatic heterocycles. The molecule has 11 heteroatoms. The number of nitrogens with zero attached hydrogens (tertiary/aromatic N) is 3. The third kappa shape index (κ3) is 5.21. The summed E-state index contributed by atoms with van der Waals surface area (Å²) in [6.07, 6.45) is 1.92. The number of aliphatic hydroxyl groups excluding tert-OH is 1. The Labute approximate surface area is 228 Å². The van der Waals surface area contributed by atoms with Gasteiger partial charge in [0.1, 0.15) is 10.6 Å². The number of benzene rings is 1. The van der Waals surface area contributed by atoms with Crippen LogP contribution in [0.4, 0.5) is 5.13 Å². The van der Waals surface area contributed by atoms with Crippen molar-refractivity contribution in [3.05, 3.63) is 67.3 Å². The van der Waals surface area contributed by atoms with E-state index in [1.54, 1.807) is 52.0 Å². The molecule has 0 spiro atoms. The number of anilines is 1. The predicted octanol–water partition coefficient (Wildman–Crippen LogP) is 5.66. The third-order valence-electron chi connectivity index (χ3n) is 5.98. The summed E-state index contributed by atoms with van der Waals surface area (Å²) in [6, 6.07) is 6.09. The Balaban J connectivity index is 1.80. The lowest BCUT2D eigenvalue weighted by Crippen LogP contribution is -2.31. The van der Waals surface area contributed by atoms with E-state index in [2.05, 4.69) is 16.9 Å². The Hall–Kier alpha value is -3.57. The largest absolute Gasteiger partial charge is 0.503 e. The number of thiazole rings is 2. The standard InChI is InChI=1S/C27H29N3O6S2/c1-6-8-13-36-18-11-9-17(10-12-18)20-19(21(31)23-14(3)28-16(5)37-23)22(32)25(33)30(20)27-29-15(4)24(38-27)26(34)35-7-2/h9-12,20,32H,6-8,13H2,1-5H3. The summed E-state index contributed by atoms with van der Waals surface area (Å²) < 4.78 is 10.9. The van der Waals surface area contributed by atoms with Gasteiger partial charge in [-0.25, -0.2) is 14.8 Å². The Morgan fingerprint density at radius 3 is 2.32 bits per heavy atom. The first-order chi connectivity index (χ1) is 18.2. The number of unbranched alkanes of at least 4 members (excludes halogenated alkanes) is 1. The van der Waals surface area contributed by atoms with Crippen molar-refractivity contribution in [3.8, 4) is 5.75 Å². The van der Waals surface area contributed by atoms with E-state index in [1.165, 1.54) is 16.2 Å². The molecule has 200 valence electrons. The predicted molar refractivity (Wildman–Crippen MR) is 145 cm³/mol. The second-order valence-electron chi connectivity index (χ2n) is 8.72. The Kier molecular flexibility index (Phi) is 8.27. The van der Waals surface area contributed by atoms with Crippen LogP contribution in [0.1, 0.15) is 74.0 Å². The van der Waals surface area contributed by atoms with Crippen LogP contribution in [0.25, 0.3) is 0 Å². The summed E-state index contributed by atoms with van der Waals surface area (Å²) in [6.45, 7) is 9.71. The number of esters is 1. The highest BCUT2D eigenvalue weighted by Gasteiger charge is 2.46. The maximum absolute atomic E-state index is 13.8. The number of ether oxygens (including phenoxy) is 2. The molecule has 0 aliphatic carbocycles. The van der Waals surface area contributed by atoms with Gasteiger partial charge in [-0.05, 0) is 51.8 Å². The van der Waals surface area contributed by atoms with E-state index in [4.69, 9.17) is 9.47 Å². The van der Waals surface area contributed by atoms with Crippen LogP contribution in [0.2, 0.25) is 0 Å². The third-order valence-corrected chi connectivity index (χ3v) is 8.19. The molecule has 1 aliphatic heterocycles. The van der Waals surface area contributed by atoms with Crippen LogP contribution in [-0.4, -0.2) is 45.9 Å². The zero-order valence-electron chi connectivity index (χ0n) is 21.9. The number of hydrogen-bond acceptors (Lipinski definition) is 10. The van der Waals surface area contributed by atoms with Crippen molar-refractivity contribution in [3.63, 3.8) is 0 Å². The van der Waals surface area contributed by atoms with Crippen molar-refractivity contribution in [2.45, 2.75) is 53.5 Å². The summed E-state index contributed by atoms with van der Waals surface area (Å²) in [5.41, 5.74) is 1.43. The van der Waals surface area contributed by atoms with Crippen molar-refractivity contribution < 1.29 is 29.0 Å². The van der Waals surface area contributed by atoms with Crippen LogP contribution in [0.15, 0.2) is 35.6 Å². The van der Waals surface area contributed by atoms with E-state index in [-0.39, 0.29) is 22.2 Å². The lowest BCUT2D eigenvalue weighted by molar-refractivity contribution is -0.117. The molecule has 1 aliphatic rings. The van der Waals surface area contributed by atoms with Crippen molar-refractivity contribution in [1.82, 2.24) is 9.97 Å². The highest BCUT2D eigenvalue weighted by atomic mass is 32.1. The molecule has 0 saturated carbocycles. The monoisotopic (exact) mass is 555 g/mol. The second kappa shape index (κ2) is 11.4. The number of aromatic nitrogens is 2. The van der Waals surface area contributed by atoms with Crippen molar-refractivity contribution in [2.24, 2.45) is 0 Å². The number of ketones is 1. The molecular formula is C27H29N3O6S2. The first-order valence-corrected chi connectivity index (χ1v) is 13.9. The van der Waals surface area contributed by atoms with Crippen LogP contribution in [0.5, 0.6) is 5.75 Å². The number of hydrogen-bond donors (Lipinski definition) is 1. The van der Waals surface area contributed by atoms with E-state index < -0.39 is 29.5 Å². The fraction of sp³-hybridized carbons (Fsp3) is 0.370. The zero-order chi connectivity index (χ0) is 27.6. The van der Waals surface area contributed by atoms with Crippen LogP contribution in [0, 0.1) is 20.8 Å². The smallest absolute Gasteiger partial charge is 0.350 e. The van der Waals surface area contributed by atoms with Gasteiger partial charge in [0.05, 0.1) is 46.1 Å². The molecule has 0 bridgehead atoms. The first kappa shape index (κ1) is 27.5. The Morgan fingerprint density at radius 1 is 1.03 bits per heavy atom. The van der Waals surface area contributed by atoms with Crippen LogP contribution in [0.3, 0.4) is 0 Å². The summed E-state index contributed by atoms with van der Waals surface area (Å²) >= 11 is 2.18. The molecule has 38 heavy (non-hydrogen) atoms. The van der Waals surface area contributed by atoms with Crippen LogP contribution < -0.4 is 9.64 Å². The number of rotatable bonds is 10. The fourth-order valence-electron chi connectivity index (χ4n) is 4.17. The maximum Gasteiger partial charge on any atom is 0.350 e. The van der Waals surface area contributed by atoms with Crippen molar-refractivity contribution in [1.29, 1.82) is 0 Å². The number of Topliss-reactive ketones (excluding diaryl/α,β-unsaturated/α-hetero) is 1. The van der Waals surface area contributed by atoms with E-state index >= 15 is 0 Å². The number of aliphatic hydroxyl groups is 1. The minimum absolute atomic E-state index is 0.0630. The summed E-state index contributed by atoms with van der Waals surface area (Å²) in [5.74, 6) is -1.80. The van der Waals surface area contributed by atoms with Crippen molar-refractivity contribution in [2.75, 3.05) is 18.1 Å². The van der Waals surface area contributed by atoms with Crippen molar-refractivity contribution >= 4 is 45.5 Å². The lowest BCUT2D eigenvalue weighted by Gasteiger charge is -2.24. The van der Waals surface area contributed by atoms with Gasteiger partial charge in [0.15, 0.2) is 10.9 Å². The molecular weight excluding hydrogens is 526 g/mol. The molecule has 0 fully saturated rings. The molecule has 3 aromatic rings. The van der Waals surface area contributed by atoms with Crippen LogP contribution >= 0.6 is 22.7 Å². The number of carbonyl (C=O) groups is 3. The average Bonchev–Trinajstić information content (AvgIpc) is 3.52. The molecule has 1 amide bonds. The molecule has 3 heterocycles. The van der Waals surface area contributed by atoms with Gasteiger partial charge in [-0.2, -0.15) is 0 Å². The van der Waals surface area contributed by atoms with Gasteiger partial charge in [-0.3, -0.25) is 14.5 Å². The Morgan fingerprint density at radius 2 is 1.71 bits per heavy atom. The molecule has 1 aromatic carbocycles. The highest BCUT2D eigenvalue weighted by Crippen LogP contribution is 2.44. The first-order valence-electron chi connectivity index (χ1n) is 12.3. The maximum atomic E-state index is 13.8. The molecule has 9 nitrogen and oxygen atoms in total. The summed E-state index contributed by atoms with van der Waals surface area (Å²) in [4.78, 5) is 50.3. The van der Waals surface area contributed by atoms with E-state index in [9.17, 15) is 19.5 Å². The number of aryl methyl sites for hydroxylation is 3. The SMILES string of the molecule is CCCCOc1ccc(C2C(C(=O)c3sc(C)nc3C)=C(O)C(=O)N2c2nc(C)c(C(=O)OCC)s2)cc1.